The summed E-state index contributed by atoms with van der Waals surface area (Å²) in [5.41, 5.74) is 11.9. The average Bonchev–Trinajstić information content (AvgIpc) is 1.66. The van der Waals surface area contributed by atoms with Crippen molar-refractivity contribution in [3.05, 3.63) is 65.7 Å². The van der Waals surface area contributed by atoms with Crippen molar-refractivity contribution in [3.63, 3.8) is 0 Å². The summed E-state index contributed by atoms with van der Waals surface area (Å²) >= 11 is 0. The molecule has 1 unspecified atom stereocenters. The minimum Gasteiger partial charge on any atom is -0.508 e. The Morgan fingerprint density at radius 2 is 0.966 bits per heavy atom. The molecule has 117 heavy (non-hydrogen) atoms. The van der Waals surface area contributed by atoms with Gasteiger partial charge in [0.1, 0.15) is 66.2 Å². The molecule has 0 spiro atoms. The Morgan fingerprint density at radius 1 is 0.513 bits per heavy atom. The number of amides is 14. The van der Waals surface area contributed by atoms with Crippen LogP contribution in [0.2, 0.25) is 0 Å². The van der Waals surface area contributed by atoms with E-state index in [0.717, 1.165) is 6.92 Å². The van der Waals surface area contributed by atoms with E-state index in [1.807, 2.05) is 0 Å². The van der Waals surface area contributed by atoms with Gasteiger partial charge in [0, 0.05) is 45.1 Å². The molecule has 0 radical (unpaired) electrons. The molecule has 42 heteroatoms. The Kier molecular flexibility index (Phi) is 42.2. The van der Waals surface area contributed by atoms with Crippen LogP contribution in [-0.4, -0.2) is 230 Å². The smallest absolute Gasteiger partial charge is 0.333 e. The number of guanidine groups is 1. The topological polar surface area (TPSA) is 658 Å². The van der Waals surface area contributed by atoms with Crippen molar-refractivity contribution in [1.29, 1.82) is 5.41 Å². The van der Waals surface area contributed by atoms with E-state index >= 15 is 0 Å². The number of imide groups is 1. The second-order valence-corrected chi connectivity index (χ2v) is 31.4. The van der Waals surface area contributed by atoms with Crippen LogP contribution in [0.25, 0.3) is 0 Å². The summed E-state index contributed by atoms with van der Waals surface area (Å²) in [5, 5.41) is 76.2. The highest BCUT2D eigenvalue weighted by atomic mass is 32.2. The van der Waals surface area contributed by atoms with Gasteiger partial charge in [0.15, 0.2) is 11.2 Å². The average molecular weight is 1670 g/mol. The number of phenols is 1. The molecule has 41 nitrogen and oxygen atoms in total. The monoisotopic (exact) mass is 1670 g/mol. The molecule has 13 atom stereocenters. The van der Waals surface area contributed by atoms with Crippen molar-refractivity contribution >= 4 is 117 Å². The number of unbranched alkanes of at least 4 members (excludes halogenated alkanes) is 3. The van der Waals surface area contributed by atoms with Gasteiger partial charge in [-0.3, -0.25) is 86.7 Å². The molecule has 0 aliphatic carbocycles. The molecule has 1 aliphatic heterocycles. The van der Waals surface area contributed by atoms with Crippen molar-refractivity contribution in [2.75, 3.05) is 13.1 Å². The highest BCUT2D eigenvalue weighted by Gasteiger charge is 2.49. The minimum atomic E-state index is -4.93. The van der Waals surface area contributed by atoms with E-state index in [2.05, 4.69) is 63.8 Å². The Balaban J connectivity index is 1.89. The van der Waals surface area contributed by atoms with Gasteiger partial charge in [-0.05, 0) is 105 Å². The number of benzene rings is 2. The number of hydroxylamine groups is 2. The Bertz CT molecular complexity index is 3920. The van der Waals surface area contributed by atoms with E-state index in [-0.39, 0.29) is 87.5 Å². The molecule has 0 aromatic heterocycles. The van der Waals surface area contributed by atoms with Crippen LogP contribution in [0.4, 0.5) is 0 Å². The van der Waals surface area contributed by atoms with Crippen LogP contribution < -0.4 is 75.3 Å². The zero-order chi connectivity index (χ0) is 88.1. The molecule has 0 bridgehead atoms. The van der Waals surface area contributed by atoms with E-state index in [1.54, 1.807) is 85.7 Å². The molecular weight excluding hydrogens is 1560 g/mol. The summed E-state index contributed by atoms with van der Waals surface area (Å²) < 4.78 is 32.0. The number of nitrogens with zero attached hydrogens (tertiary/aromatic N) is 1. The lowest BCUT2D eigenvalue weighted by Crippen LogP contribution is -2.61. The minimum absolute atomic E-state index is 0.0110. The van der Waals surface area contributed by atoms with E-state index in [0.29, 0.717) is 30.4 Å². The van der Waals surface area contributed by atoms with Crippen LogP contribution in [0.1, 0.15) is 176 Å². The number of carbonyl (C=O) groups is 17. The van der Waals surface area contributed by atoms with Gasteiger partial charge in [0.25, 0.3) is 21.9 Å². The van der Waals surface area contributed by atoms with Crippen LogP contribution in [0, 0.1) is 29.1 Å². The molecule has 2 aromatic carbocycles. The lowest BCUT2D eigenvalue weighted by molar-refractivity contribution is -0.197. The van der Waals surface area contributed by atoms with E-state index in [1.165, 1.54) is 24.3 Å². The normalized spacial score (nSPS) is 15.8. The zero-order valence-corrected chi connectivity index (χ0v) is 67.8. The number of nitrogens with one attached hydrogen (secondary N) is 13. The van der Waals surface area contributed by atoms with Gasteiger partial charge in [-0.2, -0.15) is 8.42 Å². The van der Waals surface area contributed by atoms with Crippen LogP contribution in [-0.2, 0) is 109 Å². The summed E-state index contributed by atoms with van der Waals surface area (Å²) in [5.74, 6) is -20.4. The molecule has 650 valence electrons. The van der Waals surface area contributed by atoms with Gasteiger partial charge in [-0.1, -0.05) is 117 Å². The number of carboxylic acids is 2. The fraction of sp³-hybridized carbons (Fsp3) is 0.600. The van der Waals surface area contributed by atoms with Crippen LogP contribution >= 0.6 is 0 Å². The Labute approximate surface area is 677 Å². The Morgan fingerprint density at radius 3 is 1.45 bits per heavy atom. The second kappa shape index (κ2) is 49.5. The Hall–Kier alpha value is -11.4. The number of rotatable bonds is 53. The predicted octanol–water partition coefficient (Wildman–Crippen LogP) is -2.39. The van der Waals surface area contributed by atoms with Crippen LogP contribution in [0.3, 0.4) is 0 Å². The third-order valence-electron chi connectivity index (χ3n) is 18.5. The quantitative estimate of drug-likeness (QED) is 0.0108. The van der Waals surface area contributed by atoms with Crippen LogP contribution in [0.5, 0.6) is 5.75 Å². The standard InChI is InChI=1S/C75H114N16O25S/c1-10-42(8)62(73(111)85-50(64(76)102)33-39(2)3)89-67(105)49(29-31-59(99)100)83-66(104)48(28-30-58(97)98)84-70(108)53(35-44-19-14-13-15-20-44)87-68(106)51(34-40(4)5)86-65(103)47(21-18-32-79-75(77)78)82-69(107)52(36-45-24-26-46(93)27-25-45)81-56(95)38-80-71(109)63(43(9)92)90-72(110)61(41(6)7)88-55(94)22-16-11-12-17-23-60(101)116-91-57(96)37-54(74(91)112)117(113,114)115/h13-15,19-20,24-27,39-43,47-54,61-63,92-93H,10-12,16-18,21-23,28-38H2,1-9H3,(H2,76,102)(H,80,109)(H,81,95)(H,82,107)(H,83,104)(H,84,108)(H,85,111)(H,86,103)(H,87,106)(H,88,94)(H,89,105)(H,90,110)(H,97,98)(H,99,100)(H4,77,78,79)(H,113,114,115)/t42-,43+,47-,48-,49-,50-,51-,52-,53-,54?,61-,62-,63-/m0/s1. The number of primary amides is 1. The third-order valence-corrected chi connectivity index (χ3v) is 19.6. The van der Waals surface area contributed by atoms with Gasteiger partial charge in [-0.25, -0.2) is 4.79 Å². The van der Waals surface area contributed by atoms with Gasteiger partial charge >= 0.3 is 17.9 Å². The number of aliphatic hydroxyl groups is 1. The first kappa shape index (κ1) is 99.8. The van der Waals surface area contributed by atoms with E-state index < -0.39 is 245 Å². The van der Waals surface area contributed by atoms with Gasteiger partial charge in [0.2, 0.25) is 70.9 Å². The van der Waals surface area contributed by atoms with Gasteiger partial charge in [-0.15, -0.1) is 5.06 Å². The third kappa shape index (κ3) is 36.5. The number of hydrogen-bond acceptors (Lipinski definition) is 23. The first-order valence-electron chi connectivity index (χ1n) is 38.5. The van der Waals surface area contributed by atoms with Gasteiger partial charge < -0.3 is 101 Å². The maximum absolute atomic E-state index is 14.8. The fourth-order valence-electron chi connectivity index (χ4n) is 11.9. The number of carboxylic acid groups (broad SMARTS) is 2. The summed E-state index contributed by atoms with van der Waals surface area (Å²) in [6.07, 6.45) is -5.14. The molecule has 0 saturated carbocycles. The SMILES string of the molecule is CC[C@H](C)[C@H](NC(=O)[C@H](CCC(=O)O)NC(=O)[C@H](CCC(=O)O)NC(=O)[C@H](Cc1ccccc1)NC(=O)[C@H](CC(C)C)NC(=O)[C@H](CCCNC(=N)N)NC(=O)[C@H](Cc1ccc(O)cc1)NC(=O)CNC(=O)[C@@H](NC(=O)[C@@H](NC(=O)CCCCCCC(=O)ON1C(=O)CC(S(=O)(=O)O)C1=O)C(C)C)[C@@H](C)O)C(=O)N[C@@H](CC(C)C)C(N)=O. The number of aliphatic hydroxyl groups excluding tert-OH is 1. The second-order valence-electron chi connectivity index (χ2n) is 29.8. The number of phenolic OH excluding ortho intramolecular Hbond substituents is 1. The number of aliphatic carboxylic acids is 2. The van der Waals surface area contributed by atoms with E-state index in [9.17, 15) is 115 Å². The summed E-state index contributed by atoms with van der Waals surface area (Å²) in [7, 11) is -4.93. The summed E-state index contributed by atoms with van der Waals surface area (Å²) in [6, 6.07) is -1.96. The lowest BCUT2D eigenvalue weighted by Gasteiger charge is -2.29. The van der Waals surface area contributed by atoms with Crippen LogP contribution in [0.15, 0.2) is 54.6 Å². The summed E-state index contributed by atoms with van der Waals surface area (Å²) in [6.45, 7) is 13.6. The molecule has 3 rings (SSSR count). The molecule has 1 aliphatic rings. The fourth-order valence-corrected chi connectivity index (χ4v) is 12.6. The van der Waals surface area contributed by atoms with E-state index in [4.69, 9.17) is 21.7 Å². The molecule has 2 aromatic rings. The highest BCUT2D eigenvalue weighted by Crippen LogP contribution is 2.22. The number of nitrogens with two attached hydrogens (primary N) is 2. The maximum Gasteiger partial charge on any atom is 0.333 e. The molecular formula is C75H114N16O25S. The highest BCUT2D eigenvalue weighted by molar-refractivity contribution is 7.87. The molecule has 14 amide bonds. The number of hydrogen-bond donors (Lipinski definition) is 20. The number of aromatic hydroxyl groups is 1. The van der Waals surface area contributed by atoms with Crippen molar-refractivity contribution in [1.82, 2.24) is 68.9 Å². The predicted molar refractivity (Wildman–Crippen MR) is 417 cm³/mol. The van der Waals surface area contributed by atoms with Crippen molar-refractivity contribution in [2.24, 2.45) is 35.1 Å². The molecule has 1 heterocycles. The zero-order valence-electron chi connectivity index (χ0n) is 67.0. The molecule has 1 saturated heterocycles. The maximum atomic E-state index is 14.8. The number of carbonyl (C=O) groups excluding carboxylic acids is 15. The first-order valence-corrected chi connectivity index (χ1v) is 40.0. The first-order chi connectivity index (χ1) is 54.8. The summed E-state index contributed by atoms with van der Waals surface area (Å²) in [4.78, 5) is 233. The molecule has 22 N–H and O–H groups in total. The lowest BCUT2D eigenvalue weighted by atomic mass is 9.96. The van der Waals surface area contributed by atoms with Gasteiger partial charge in [0.05, 0.1) is 19.1 Å². The van der Waals surface area contributed by atoms with Crippen molar-refractivity contribution in [2.45, 2.75) is 250 Å². The molecule has 1 fully saturated rings. The largest absolute Gasteiger partial charge is 0.508 e. The van der Waals surface area contributed by atoms with Crippen molar-refractivity contribution < 1.29 is 120 Å². The van der Waals surface area contributed by atoms with Crippen molar-refractivity contribution in [3.8, 4) is 5.75 Å².